The Morgan fingerprint density at radius 2 is 2.12 bits per heavy atom. The van der Waals surface area contributed by atoms with Crippen molar-refractivity contribution in [1.82, 2.24) is 9.88 Å². The molecule has 1 aromatic heterocycles. The zero-order valence-electron chi connectivity index (χ0n) is 11.4. The lowest BCUT2D eigenvalue weighted by Crippen LogP contribution is -2.31. The molecular weight excluding hydrogens is 210 g/mol. The van der Waals surface area contributed by atoms with Gasteiger partial charge in [0.15, 0.2) is 0 Å². The lowest BCUT2D eigenvalue weighted by molar-refractivity contribution is 0.248. The number of pyridine rings is 1. The van der Waals surface area contributed by atoms with Gasteiger partial charge in [-0.2, -0.15) is 0 Å². The van der Waals surface area contributed by atoms with E-state index in [2.05, 4.69) is 50.0 Å². The molecule has 0 bridgehead atoms. The van der Waals surface area contributed by atoms with Crippen LogP contribution in [0, 0.1) is 6.92 Å². The Balaban J connectivity index is 2.25. The zero-order chi connectivity index (χ0) is 12.4. The van der Waals surface area contributed by atoms with E-state index in [4.69, 9.17) is 4.98 Å². The van der Waals surface area contributed by atoms with Crippen molar-refractivity contribution in [2.75, 3.05) is 39.1 Å². The van der Waals surface area contributed by atoms with Crippen LogP contribution >= 0.6 is 0 Å². The van der Waals surface area contributed by atoms with Gasteiger partial charge in [-0.1, -0.05) is 0 Å². The minimum absolute atomic E-state index is 0.604. The second-order valence-corrected chi connectivity index (χ2v) is 5.39. The molecule has 1 atom stereocenters. The summed E-state index contributed by atoms with van der Waals surface area (Å²) >= 11 is 0. The molecule has 94 valence electrons. The lowest BCUT2D eigenvalue weighted by atomic mass is 9.94. The largest absolute Gasteiger partial charge is 0.378 e. The first-order valence-corrected chi connectivity index (χ1v) is 6.40. The minimum atomic E-state index is 0.604. The molecule has 0 radical (unpaired) electrons. The van der Waals surface area contributed by atoms with Crippen molar-refractivity contribution in [3.8, 4) is 0 Å². The first-order chi connectivity index (χ1) is 8.06. The molecule has 0 N–H and O–H groups in total. The van der Waals surface area contributed by atoms with Gasteiger partial charge in [0.1, 0.15) is 0 Å². The van der Waals surface area contributed by atoms with Gasteiger partial charge in [0.25, 0.3) is 0 Å². The van der Waals surface area contributed by atoms with E-state index < -0.39 is 0 Å². The van der Waals surface area contributed by atoms with E-state index in [1.54, 1.807) is 0 Å². The van der Waals surface area contributed by atoms with E-state index in [1.165, 1.54) is 30.8 Å². The Bertz CT molecular complexity index is 387. The third-order valence-electron chi connectivity index (χ3n) is 3.52. The highest BCUT2D eigenvalue weighted by Crippen LogP contribution is 2.27. The number of nitrogens with zero attached hydrogens (tertiary/aromatic N) is 3. The Morgan fingerprint density at radius 3 is 2.76 bits per heavy atom. The number of rotatable bonds is 2. The summed E-state index contributed by atoms with van der Waals surface area (Å²) in [4.78, 5) is 9.29. The van der Waals surface area contributed by atoms with E-state index in [9.17, 15) is 0 Å². The van der Waals surface area contributed by atoms with Crippen LogP contribution in [-0.2, 0) is 0 Å². The summed E-state index contributed by atoms with van der Waals surface area (Å²) in [6.45, 7) is 4.45. The van der Waals surface area contributed by atoms with Gasteiger partial charge in [-0.05, 0) is 45.5 Å². The second kappa shape index (κ2) is 5.05. The molecule has 0 aromatic carbocycles. The SMILES string of the molecule is Cc1cc(N(C)C)cc(C2CCCN(C)C2)n1. The number of likely N-dealkylation sites (N-methyl/N-ethyl adjacent to an activating group) is 1. The molecular formula is C14H23N3. The van der Waals surface area contributed by atoms with Gasteiger partial charge < -0.3 is 9.80 Å². The summed E-state index contributed by atoms with van der Waals surface area (Å²) in [6, 6.07) is 4.40. The fraction of sp³-hybridized carbons (Fsp3) is 0.643. The van der Waals surface area contributed by atoms with Crippen molar-refractivity contribution in [2.24, 2.45) is 0 Å². The molecule has 0 saturated carbocycles. The van der Waals surface area contributed by atoms with Crippen molar-refractivity contribution in [3.05, 3.63) is 23.5 Å². The maximum atomic E-state index is 4.72. The maximum Gasteiger partial charge on any atom is 0.0471 e. The highest BCUT2D eigenvalue weighted by molar-refractivity contribution is 5.47. The van der Waals surface area contributed by atoms with Gasteiger partial charge in [0, 0.05) is 43.6 Å². The van der Waals surface area contributed by atoms with E-state index in [0.717, 1.165) is 12.2 Å². The standard InChI is InChI=1S/C14H23N3/c1-11-8-13(16(2)3)9-14(15-11)12-6-5-7-17(4)10-12/h8-9,12H,5-7,10H2,1-4H3. The smallest absolute Gasteiger partial charge is 0.0471 e. The number of aryl methyl sites for hydroxylation is 1. The molecule has 1 fully saturated rings. The summed E-state index contributed by atoms with van der Waals surface area (Å²) in [5.74, 6) is 0.604. The minimum Gasteiger partial charge on any atom is -0.378 e. The molecule has 1 aromatic rings. The molecule has 1 aliphatic heterocycles. The highest BCUT2D eigenvalue weighted by atomic mass is 15.1. The molecule has 0 spiro atoms. The van der Waals surface area contributed by atoms with Crippen molar-refractivity contribution >= 4 is 5.69 Å². The summed E-state index contributed by atoms with van der Waals surface area (Å²) in [7, 11) is 6.38. The molecule has 1 saturated heterocycles. The zero-order valence-corrected chi connectivity index (χ0v) is 11.4. The lowest BCUT2D eigenvalue weighted by Gasteiger charge is -2.30. The number of hydrogen-bond acceptors (Lipinski definition) is 3. The number of hydrogen-bond donors (Lipinski definition) is 0. The molecule has 2 heterocycles. The molecule has 3 heteroatoms. The summed E-state index contributed by atoms with van der Waals surface area (Å²) in [5.41, 5.74) is 3.65. The number of anilines is 1. The van der Waals surface area contributed by atoms with Gasteiger partial charge in [-0.3, -0.25) is 4.98 Å². The van der Waals surface area contributed by atoms with Crippen LogP contribution in [0.5, 0.6) is 0 Å². The fourth-order valence-electron chi connectivity index (χ4n) is 2.55. The van der Waals surface area contributed by atoms with Crippen molar-refractivity contribution in [3.63, 3.8) is 0 Å². The predicted octanol–water partition coefficient (Wildman–Crippen LogP) is 2.27. The van der Waals surface area contributed by atoms with Gasteiger partial charge in [0.2, 0.25) is 0 Å². The van der Waals surface area contributed by atoms with Gasteiger partial charge in [-0.25, -0.2) is 0 Å². The van der Waals surface area contributed by atoms with Crippen LogP contribution in [0.15, 0.2) is 12.1 Å². The molecule has 17 heavy (non-hydrogen) atoms. The van der Waals surface area contributed by atoms with E-state index in [1.807, 2.05) is 0 Å². The monoisotopic (exact) mass is 233 g/mol. The van der Waals surface area contributed by atoms with Crippen molar-refractivity contribution < 1.29 is 0 Å². The Morgan fingerprint density at radius 1 is 1.35 bits per heavy atom. The Labute approximate surface area is 104 Å². The molecule has 2 rings (SSSR count). The Hall–Kier alpha value is -1.09. The van der Waals surface area contributed by atoms with Crippen LogP contribution in [0.2, 0.25) is 0 Å². The number of likely N-dealkylation sites (tertiary alicyclic amines) is 1. The third-order valence-corrected chi connectivity index (χ3v) is 3.52. The van der Waals surface area contributed by atoms with E-state index >= 15 is 0 Å². The quantitative estimate of drug-likeness (QED) is 0.781. The summed E-state index contributed by atoms with van der Waals surface area (Å²) in [6.07, 6.45) is 2.56. The normalized spacial score (nSPS) is 21.5. The molecule has 3 nitrogen and oxygen atoms in total. The number of piperidine rings is 1. The topological polar surface area (TPSA) is 19.4 Å². The molecule has 1 aliphatic rings. The van der Waals surface area contributed by atoms with E-state index in [0.29, 0.717) is 5.92 Å². The first kappa shape index (κ1) is 12.4. The van der Waals surface area contributed by atoms with Crippen molar-refractivity contribution in [1.29, 1.82) is 0 Å². The molecule has 0 aliphatic carbocycles. The van der Waals surface area contributed by atoms with Crippen molar-refractivity contribution in [2.45, 2.75) is 25.7 Å². The second-order valence-electron chi connectivity index (χ2n) is 5.39. The van der Waals surface area contributed by atoms with Gasteiger partial charge >= 0.3 is 0 Å². The molecule has 0 amide bonds. The van der Waals surface area contributed by atoms with Crippen LogP contribution in [0.4, 0.5) is 5.69 Å². The van der Waals surface area contributed by atoms with Crippen LogP contribution in [-0.4, -0.2) is 44.1 Å². The average molecular weight is 233 g/mol. The fourth-order valence-corrected chi connectivity index (χ4v) is 2.55. The van der Waals surface area contributed by atoms with Crippen LogP contribution in [0.25, 0.3) is 0 Å². The third kappa shape index (κ3) is 2.97. The summed E-state index contributed by atoms with van der Waals surface area (Å²) < 4.78 is 0. The predicted molar refractivity (Wildman–Crippen MR) is 72.8 cm³/mol. The molecule has 1 unspecified atom stereocenters. The highest BCUT2D eigenvalue weighted by Gasteiger charge is 2.20. The average Bonchev–Trinajstić information content (AvgIpc) is 2.28. The van der Waals surface area contributed by atoms with Crippen LogP contribution in [0.1, 0.15) is 30.1 Å². The first-order valence-electron chi connectivity index (χ1n) is 6.40. The number of aromatic nitrogens is 1. The van der Waals surface area contributed by atoms with Crippen LogP contribution < -0.4 is 4.90 Å². The van der Waals surface area contributed by atoms with E-state index in [-0.39, 0.29) is 0 Å². The Kier molecular flexibility index (Phi) is 3.67. The maximum absolute atomic E-state index is 4.72. The van der Waals surface area contributed by atoms with Gasteiger partial charge in [0.05, 0.1) is 0 Å². The summed E-state index contributed by atoms with van der Waals surface area (Å²) in [5, 5.41) is 0. The van der Waals surface area contributed by atoms with Crippen LogP contribution in [0.3, 0.4) is 0 Å². The van der Waals surface area contributed by atoms with Gasteiger partial charge in [-0.15, -0.1) is 0 Å².